The Hall–Kier alpha value is 1.66. The van der Waals surface area contributed by atoms with Crippen molar-refractivity contribution in [1.29, 1.82) is 0 Å². The van der Waals surface area contributed by atoms with Crippen molar-refractivity contribution in [2.24, 2.45) is 0 Å². The minimum absolute atomic E-state index is 0. The summed E-state index contributed by atoms with van der Waals surface area (Å²) in [7, 11) is -5.75. The van der Waals surface area contributed by atoms with Gasteiger partial charge in [-0.05, 0) is 6.42 Å². The first-order valence-electron chi connectivity index (χ1n) is 9.91. The summed E-state index contributed by atoms with van der Waals surface area (Å²) in [5.41, 5.74) is 0. The van der Waals surface area contributed by atoms with Crippen LogP contribution in [0.25, 0.3) is 0 Å². The molecule has 0 aliphatic carbocycles. The molecule has 0 radical (unpaired) electrons. The van der Waals surface area contributed by atoms with E-state index in [1.54, 1.807) is 0 Å². The number of rotatable bonds is 19. The van der Waals surface area contributed by atoms with Crippen molar-refractivity contribution in [1.82, 2.24) is 0 Å². The second-order valence-corrected chi connectivity index (χ2v) is 9.42. The Bertz CT molecular complexity index is 416. The van der Waals surface area contributed by atoms with Crippen LogP contribution in [0.15, 0.2) is 0 Å². The van der Waals surface area contributed by atoms with Crippen molar-refractivity contribution >= 4 is 21.2 Å². The van der Waals surface area contributed by atoms with E-state index in [2.05, 4.69) is 11.1 Å². The molecule has 0 amide bonds. The zero-order valence-electron chi connectivity index (χ0n) is 16.9. The molecular formula is C18H37KO5S2. The van der Waals surface area contributed by atoms with Crippen LogP contribution in [0.4, 0.5) is 0 Å². The van der Waals surface area contributed by atoms with E-state index < -0.39 is 21.2 Å². The standard InChI is InChI=1S/C18H38O5S2.K/c1-2-3-4-5-6-7-8-9-10-11-12-13-14-15-17-24(19)18-16-23-25(20,21)22;/h2-18H2,1H3,(H,20,21,22);/q;+1/p-1. The van der Waals surface area contributed by atoms with E-state index in [9.17, 15) is 17.2 Å². The first-order valence-corrected chi connectivity index (χ1v) is 12.7. The van der Waals surface area contributed by atoms with Crippen LogP contribution in [0, 0.1) is 0 Å². The maximum absolute atomic E-state index is 11.6. The molecule has 0 aromatic carbocycles. The minimum atomic E-state index is -4.65. The fourth-order valence-corrected chi connectivity index (χ4v) is 4.18. The summed E-state index contributed by atoms with van der Waals surface area (Å²) >= 11 is 0. The predicted octanol–water partition coefficient (Wildman–Crippen LogP) is 1.70. The largest absolute Gasteiger partial charge is 1.00 e. The van der Waals surface area contributed by atoms with Crippen LogP contribution in [0.5, 0.6) is 0 Å². The van der Waals surface area contributed by atoms with Gasteiger partial charge in [-0.2, -0.15) is 0 Å². The average Bonchev–Trinajstić information content (AvgIpc) is 2.54. The van der Waals surface area contributed by atoms with Crippen molar-refractivity contribution in [3.63, 3.8) is 0 Å². The normalized spacial score (nSPS) is 12.7. The van der Waals surface area contributed by atoms with Gasteiger partial charge in [0.2, 0.25) is 10.4 Å². The Morgan fingerprint density at radius 1 is 0.731 bits per heavy atom. The van der Waals surface area contributed by atoms with Crippen molar-refractivity contribution in [3.05, 3.63) is 0 Å². The molecule has 0 heterocycles. The van der Waals surface area contributed by atoms with Crippen LogP contribution < -0.4 is 51.4 Å². The summed E-state index contributed by atoms with van der Waals surface area (Å²) in [5, 5.41) is 0. The predicted molar refractivity (Wildman–Crippen MR) is 104 cm³/mol. The van der Waals surface area contributed by atoms with E-state index in [0.717, 1.165) is 12.8 Å². The van der Waals surface area contributed by atoms with Gasteiger partial charge in [0.15, 0.2) is 0 Å². The van der Waals surface area contributed by atoms with Crippen LogP contribution in [0.1, 0.15) is 96.8 Å². The average molecular weight is 437 g/mol. The molecule has 152 valence electrons. The molecule has 1 unspecified atom stereocenters. The Labute approximate surface area is 206 Å². The first-order chi connectivity index (χ1) is 12.0. The second-order valence-electron chi connectivity index (χ2n) is 6.67. The molecule has 0 aromatic heterocycles. The molecule has 1 atom stereocenters. The molecule has 0 fully saturated rings. The summed E-state index contributed by atoms with van der Waals surface area (Å²) in [6, 6.07) is 0. The fraction of sp³-hybridized carbons (Fsp3) is 1.00. The SMILES string of the molecule is CCCCCCCCCCCCCCCCS(=O)CCOS(=O)(=O)[O-].[K+]. The minimum Gasteiger partial charge on any atom is -0.726 e. The monoisotopic (exact) mass is 436 g/mol. The number of unbranched alkanes of at least 4 members (excludes halogenated alkanes) is 13. The molecule has 5 nitrogen and oxygen atoms in total. The molecule has 0 spiro atoms. The van der Waals surface area contributed by atoms with Gasteiger partial charge in [-0.1, -0.05) is 90.4 Å². The summed E-state index contributed by atoms with van der Waals surface area (Å²) in [5.74, 6) is 0.667. The van der Waals surface area contributed by atoms with E-state index in [4.69, 9.17) is 0 Å². The molecule has 0 bridgehead atoms. The summed E-state index contributed by atoms with van der Waals surface area (Å²) in [6.45, 7) is 1.97. The maximum Gasteiger partial charge on any atom is 1.00 e. The number of hydrogen-bond acceptors (Lipinski definition) is 5. The van der Waals surface area contributed by atoms with Crippen LogP contribution >= 0.6 is 0 Å². The van der Waals surface area contributed by atoms with E-state index in [0.29, 0.717) is 5.75 Å². The smallest absolute Gasteiger partial charge is 0.726 e. The molecule has 0 saturated heterocycles. The second kappa shape index (κ2) is 21.4. The van der Waals surface area contributed by atoms with Gasteiger partial charge in [-0.25, -0.2) is 8.42 Å². The molecule has 0 saturated carbocycles. The molecular weight excluding hydrogens is 399 g/mol. The molecule has 0 aliphatic heterocycles. The Morgan fingerprint density at radius 2 is 1.12 bits per heavy atom. The van der Waals surface area contributed by atoms with Crippen molar-refractivity contribution in [2.75, 3.05) is 18.1 Å². The van der Waals surface area contributed by atoms with Crippen LogP contribution in [-0.4, -0.2) is 35.3 Å². The maximum atomic E-state index is 11.6. The van der Waals surface area contributed by atoms with E-state index in [-0.39, 0.29) is 63.7 Å². The van der Waals surface area contributed by atoms with Gasteiger partial charge in [0.25, 0.3) is 0 Å². The van der Waals surface area contributed by atoms with Gasteiger partial charge in [-0.15, -0.1) is 0 Å². The van der Waals surface area contributed by atoms with Crippen molar-refractivity contribution in [2.45, 2.75) is 96.8 Å². The van der Waals surface area contributed by atoms with Gasteiger partial charge in [0.05, 0.1) is 6.61 Å². The number of hydrogen-bond donors (Lipinski definition) is 0. The summed E-state index contributed by atoms with van der Waals surface area (Å²) in [4.78, 5) is 0. The quantitative estimate of drug-likeness (QED) is 0.133. The van der Waals surface area contributed by atoms with Gasteiger partial charge >= 0.3 is 51.4 Å². The Kier molecular flexibility index (Phi) is 24.5. The van der Waals surface area contributed by atoms with E-state index in [1.807, 2.05) is 0 Å². The molecule has 0 N–H and O–H groups in total. The topological polar surface area (TPSA) is 83.5 Å². The molecule has 26 heavy (non-hydrogen) atoms. The molecule has 0 rings (SSSR count). The van der Waals surface area contributed by atoms with Crippen LogP contribution in [-0.2, 0) is 25.4 Å². The molecule has 8 heteroatoms. The third-order valence-electron chi connectivity index (χ3n) is 4.26. The van der Waals surface area contributed by atoms with E-state index in [1.165, 1.54) is 77.0 Å². The zero-order valence-corrected chi connectivity index (χ0v) is 21.6. The fourth-order valence-electron chi connectivity index (χ4n) is 2.79. The van der Waals surface area contributed by atoms with Gasteiger partial charge in [-0.3, -0.25) is 8.39 Å². The molecule has 0 aromatic rings. The van der Waals surface area contributed by atoms with E-state index >= 15 is 0 Å². The van der Waals surface area contributed by atoms with Gasteiger partial charge in [0, 0.05) is 22.3 Å². The van der Waals surface area contributed by atoms with Crippen LogP contribution in [0.2, 0.25) is 0 Å². The van der Waals surface area contributed by atoms with Crippen molar-refractivity contribution < 1.29 is 72.7 Å². The van der Waals surface area contributed by atoms with Gasteiger partial charge < -0.3 is 4.55 Å². The Morgan fingerprint density at radius 3 is 1.50 bits per heavy atom. The third kappa shape index (κ3) is 25.7. The first kappa shape index (κ1) is 29.9. The zero-order chi connectivity index (χ0) is 18.8. The Balaban J connectivity index is 0. The van der Waals surface area contributed by atoms with Crippen LogP contribution in [0.3, 0.4) is 0 Å². The summed E-state index contributed by atoms with van der Waals surface area (Å²) < 4.78 is 46.3. The third-order valence-corrected chi connectivity index (χ3v) is 6.09. The van der Waals surface area contributed by atoms with Crippen molar-refractivity contribution in [3.8, 4) is 0 Å². The molecule has 0 aliphatic rings. The van der Waals surface area contributed by atoms with Gasteiger partial charge in [0.1, 0.15) is 0 Å². The summed E-state index contributed by atoms with van der Waals surface area (Å²) in [6.07, 6.45) is 17.9.